The SMILES string of the molecule is Cc1cc(O)c(O)c(Br)c1-c1cc(C(=O)O)nn1C. The Hall–Kier alpha value is -2.02. The maximum atomic E-state index is 10.9. The molecule has 1 heterocycles. The van der Waals surface area contributed by atoms with Crippen molar-refractivity contribution in [2.75, 3.05) is 0 Å². The van der Waals surface area contributed by atoms with Gasteiger partial charge in [-0.05, 0) is 40.5 Å². The molecule has 0 amide bonds. The van der Waals surface area contributed by atoms with Gasteiger partial charge in [-0.2, -0.15) is 5.10 Å². The zero-order chi connectivity index (χ0) is 14.3. The molecule has 1 aromatic carbocycles. The average Bonchev–Trinajstić information content (AvgIpc) is 2.69. The molecular weight excluding hydrogens is 316 g/mol. The van der Waals surface area contributed by atoms with Gasteiger partial charge in [0.1, 0.15) is 0 Å². The second-order valence-electron chi connectivity index (χ2n) is 4.09. The summed E-state index contributed by atoms with van der Waals surface area (Å²) in [7, 11) is 1.61. The van der Waals surface area contributed by atoms with Crippen molar-refractivity contribution in [3.8, 4) is 22.8 Å². The van der Waals surface area contributed by atoms with Gasteiger partial charge in [0, 0.05) is 12.6 Å². The van der Waals surface area contributed by atoms with Crippen LogP contribution in [0.4, 0.5) is 0 Å². The predicted octanol–water partition coefficient (Wildman–Crippen LogP) is 2.27. The molecule has 6 nitrogen and oxygen atoms in total. The number of nitrogens with zero attached hydrogens (tertiary/aromatic N) is 2. The minimum atomic E-state index is -1.13. The van der Waals surface area contributed by atoms with Crippen molar-refractivity contribution in [1.29, 1.82) is 0 Å². The Bertz CT molecular complexity index is 679. The lowest BCUT2D eigenvalue weighted by molar-refractivity contribution is 0.0689. The minimum Gasteiger partial charge on any atom is -0.504 e. The van der Waals surface area contributed by atoms with Gasteiger partial charge in [0.25, 0.3) is 0 Å². The lowest BCUT2D eigenvalue weighted by Crippen LogP contribution is -1.99. The standard InChI is InChI=1S/C12H11BrN2O4/c1-5-3-8(16)11(17)10(13)9(5)7-4-6(12(18)19)14-15(7)2/h3-4,16-17H,1-2H3,(H,18,19). The Morgan fingerprint density at radius 2 is 2.00 bits per heavy atom. The smallest absolute Gasteiger partial charge is 0.356 e. The third kappa shape index (κ3) is 2.17. The number of carboxylic acids is 1. The van der Waals surface area contributed by atoms with Crippen molar-refractivity contribution < 1.29 is 20.1 Å². The van der Waals surface area contributed by atoms with Crippen molar-refractivity contribution in [2.45, 2.75) is 6.92 Å². The summed E-state index contributed by atoms with van der Waals surface area (Å²) in [5.41, 5.74) is 1.70. The lowest BCUT2D eigenvalue weighted by atomic mass is 10.0. The van der Waals surface area contributed by atoms with Crippen molar-refractivity contribution in [2.24, 2.45) is 7.05 Å². The first-order chi connectivity index (χ1) is 8.82. The van der Waals surface area contributed by atoms with Crippen LogP contribution in [0, 0.1) is 6.92 Å². The van der Waals surface area contributed by atoms with Crippen molar-refractivity contribution in [3.05, 3.63) is 27.9 Å². The number of phenols is 2. The number of hydrogen-bond acceptors (Lipinski definition) is 4. The fourth-order valence-corrected chi connectivity index (χ4v) is 2.59. The van der Waals surface area contributed by atoms with E-state index in [1.54, 1.807) is 14.0 Å². The zero-order valence-electron chi connectivity index (χ0n) is 10.2. The molecule has 100 valence electrons. The monoisotopic (exact) mass is 326 g/mol. The van der Waals surface area contributed by atoms with Gasteiger partial charge in [0.2, 0.25) is 0 Å². The summed E-state index contributed by atoms with van der Waals surface area (Å²) in [6.45, 7) is 1.74. The highest BCUT2D eigenvalue weighted by atomic mass is 79.9. The Labute approximate surface area is 117 Å². The van der Waals surface area contributed by atoms with E-state index in [2.05, 4.69) is 21.0 Å². The Balaban J connectivity index is 2.72. The van der Waals surface area contributed by atoms with E-state index in [-0.39, 0.29) is 17.2 Å². The average molecular weight is 327 g/mol. The van der Waals surface area contributed by atoms with Crippen LogP contribution in [0.15, 0.2) is 16.6 Å². The van der Waals surface area contributed by atoms with Crippen LogP contribution in [0.25, 0.3) is 11.3 Å². The predicted molar refractivity (Wildman–Crippen MR) is 71.4 cm³/mol. The highest BCUT2D eigenvalue weighted by Gasteiger charge is 2.20. The maximum Gasteiger partial charge on any atom is 0.356 e. The minimum absolute atomic E-state index is 0.0867. The molecule has 0 fully saturated rings. The topological polar surface area (TPSA) is 95.6 Å². The second kappa shape index (κ2) is 4.58. The number of hydrogen-bond donors (Lipinski definition) is 3. The first kappa shape index (κ1) is 13.4. The van der Waals surface area contributed by atoms with E-state index >= 15 is 0 Å². The lowest BCUT2D eigenvalue weighted by Gasteiger charge is -2.11. The largest absolute Gasteiger partial charge is 0.504 e. The van der Waals surface area contributed by atoms with Gasteiger partial charge >= 0.3 is 5.97 Å². The van der Waals surface area contributed by atoms with Crippen LogP contribution < -0.4 is 0 Å². The van der Waals surface area contributed by atoms with Crippen LogP contribution >= 0.6 is 15.9 Å². The van der Waals surface area contributed by atoms with E-state index in [1.165, 1.54) is 16.8 Å². The number of aromatic carboxylic acids is 1. The Morgan fingerprint density at radius 1 is 1.37 bits per heavy atom. The molecule has 0 unspecified atom stereocenters. The molecule has 0 aliphatic heterocycles. The fraction of sp³-hybridized carbons (Fsp3) is 0.167. The molecule has 19 heavy (non-hydrogen) atoms. The molecule has 0 saturated carbocycles. The van der Waals surface area contributed by atoms with Crippen LogP contribution in [-0.4, -0.2) is 31.1 Å². The summed E-state index contributed by atoms with van der Waals surface area (Å²) >= 11 is 3.20. The summed E-state index contributed by atoms with van der Waals surface area (Å²) in [5.74, 6) is -1.66. The first-order valence-corrected chi connectivity index (χ1v) is 6.11. The number of aromatic hydroxyl groups is 2. The van der Waals surface area contributed by atoms with E-state index in [1.807, 2.05) is 0 Å². The second-order valence-corrected chi connectivity index (χ2v) is 4.89. The van der Waals surface area contributed by atoms with Gasteiger partial charge in [0.05, 0.1) is 10.2 Å². The molecule has 0 bridgehead atoms. The number of rotatable bonds is 2. The third-order valence-electron chi connectivity index (χ3n) is 2.77. The van der Waals surface area contributed by atoms with Crippen molar-refractivity contribution in [1.82, 2.24) is 9.78 Å². The Kier molecular flexibility index (Phi) is 3.23. The van der Waals surface area contributed by atoms with Gasteiger partial charge in [-0.25, -0.2) is 4.79 Å². The normalized spacial score (nSPS) is 10.7. The summed E-state index contributed by atoms with van der Waals surface area (Å²) in [6, 6.07) is 2.81. The molecule has 2 aromatic rings. The third-order valence-corrected chi connectivity index (χ3v) is 3.54. The first-order valence-electron chi connectivity index (χ1n) is 5.31. The highest BCUT2D eigenvalue weighted by molar-refractivity contribution is 9.10. The molecule has 0 spiro atoms. The van der Waals surface area contributed by atoms with E-state index in [9.17, 15) is 15.0 Å². The van der Waals surface area contributed by atoms with Crippen LogP contribution in [0.3, 0.4) is 0 Å². The van der Waals surface area contributed by atoms with Gasteiger partial charge < -0.3 is 15.3 Å². The molecule has 2 rings (SSSR count). The fourth-order valence-electron chi connectivity index (χ4n) is 1.87. The molecule has 0 aliphatic carbocycles. The maximum absolute atomic E-state index is 10.9. The molecule has 0 saturated heterocycles. The summed E-state index contributed by atoms with van der Waals surface area (Å²) in [5, 5.41) is 32.1. The number of aryl methyl sites for hydroxylation is 2. The van der Waals surface area contributed by atoms with Crippen molar-refractivity contribution in [3.63, 3.8) is 0 Å². The van der Waals surface area contributed by atoms with Crippen LogP contribution in [0.5, 0.6) is 11.5 Å². The summed E-state index contributed by atoms with van der Waals surface area (Å²) in [6.07, 6.45) is 0. The molecule has 0 atom stereocenters. The van der Waals surface area contributed by atoms with E-state index in [0.717, 1.165) is 0 Å². The van der Waals surface area contributed by atoms with Gasteiger partial charge in [0.15, 0.2) is 17.2 Å². The number of carboxylic acid groups (broad SMARTS) is 1. The molecule has 0 aliphatic rings. The van der Waals surface area contributed by atoms with Gasteiger partial charge in [-0.15, -0.1) is 0 Å². The van der Waals surface area contributed by atoms with Gasteiger partial charge in [-0.1, -0.05) is 0 Å². The van der Waals surface area contributed by atoms with E-state index in [4.69, 9.17) is 5.11 Å². The summed E-state index contributed by atoms with van der Waals surface area (Å²) < 4.78 is 1.71. The molecule has 0 radical (unpaired) electrons. The van der Waals surface area contributed by atoms with Crippen molar-refractivity contribution >= 4 is 21.9 Å². The quantitative estimate of drug-likeness (QED) is 0.736. The van der Waals surface area contributed by atoms with Gasteiger partial charge in [-0.3, -0.25) is 4.68 Å². The number of benzene rings is 1. The van der Waals surface area contributed by atoms with E-state index in [0.29, 0.717) is 21.3 Å². The number of halogens is 1. The van der Waals surface area contributed by atoms with Crippen LogP contribution in [-0.2, 0) is 7.05 Å². The van der Waals surface area contributed by atoms with Crippen LogP contribution in [0.2, 0.25) is 0 Å². The zero-order valence-corrected chi connectivity index (χ0v) is 11.8. The molecule has 7 heteroatoms. The number of aromatic nitrogens is 2. The summed E-state index contributed by atoms with van der Waals surface area (Å²) in [4.78, 5) is 10.9. The molecular formula is C12H11BrN2O4. The highest BCUT2D eigenvalue weighted by Crippen LogP contribution is 2.42. The van der Waals surface area contributed by atoms with Crippen LogP contribution in [0.1, 0.15) is 16.1 Å². The number of phenolic OH excluding ortho intramolecular Hbond substituents is 2. The molecule has 1 aromatic heterocycles. The number of carbonyl (C=O) groups is 1. The van der Waals surface area contributed by atoms with E-state index < -0.39 is 5.97 Å². The molecule has 3 N–H and O–H groups in total. The Morgan fingerprint density at radius 3 is 2.53 bits per heavy atom.